The zero-order chi connectivity index (χ0) is 15.8. The van der Waals surface area contributed by atoms with Crippen molar-refractivity contribution in [3.63, 3.8) is 0 Å². The number of benzene rings is 1. The first-order valence-corrected chi connectivity index (χ1v) is 7.27. The Morgan fingerprint density at radius 1 is 1.19 bits per heavy atom. The maximum absolute atomic E-state index is 12.5. The van der Waals surface area contributed by atoms with Crippen molar-refractivity contribution in [3.05, 3.63) is 35.4 Å². The predicted octanol–water partition coefficient (Wildman–Crippen LogP) is 2.92. The van der Waals surface area contributed by atoms with E-state index in [1.165, 1.54) is 5.56 Å². The average Bonchev–Trinajstić information content (AvgIpc) is 2.81. The van der Waals surface area contributed by atoms with E-state index in [1.54, 1.807) is 11.8 Å². The molecule has 1 aromatic carbocycles. The number of rotatable bonds is 2. The van der Waals surface area contributed by atoms with Gasteiger partial charge in [0.05, 0.1) is 5.41 Å². The summed E-state index contributed by atoms with van der Waals surface area (Å²) in [5.41, 5.74) is 1.03. The maximum Gasteiger partial charge on any atom is 0.311 e. The van der Waals surface area contributed by atoms with E-state index in [0.29, 0.717) is 18.5 Å². The second-order valence-electron chi connectivity index (χ2n) is 7.17. The van der Waals surface area contributed by atoms with E-state index < -0.39 is 11.4 Å². The molecular weight excluding hydrogens is 266 g/mol. The van der Waals surface area contributed by atoms with Crippen molar-refractivity contribution in [2.24, 2.45) is 5.41 Å². The molecule has 0 aliphatic carbocycles. The topological polar surface area (TPSA) is 57.6 Å². The van der Waals surface area contributed by atoms with E-state index in [-0.39, 0.29) is 17.9 Å². The molecule has 0 radical (unpaired) electrons. The number of hydrogen-bond acceptors (Lipinski definition) is 2. The Balaban J connectivity index is 2.13. The second-order valence-corrected chi connectivity index (χ2v) is 7.17. The van der Waals surface area contributed by atoms with Crippen molar-refractivity contribution in [2.45, 2.75) is 39.5 Å². The monoisotopic (exact) mass is 289 g/mol. The molecule has 1 unspecified atom stereocenters. The molecule has 1 heterocycles. The first-order valence-electron chi connectivity index (χ1n) is 7.27. The van der Waals surface area contributed by atoms with Gasteiger partial charge in [-0.25, -0.2) is 0 Å². The van der Waals surface area contributed by atoms with Gasteiger partial charge in [0, 0.05) is 18.7 Å². The lowest BCUT2D eigenvalue weighted by molar-refractivity contribution is -0.147. The van der Waals surface area contributed by atoms with Gasteiger partial charge in [-0.3, -0.25) is 9.59 Å². The molecule has 2 rings (SSSR count). The zero-order valence-corrected chi connectivity index (χ0v) is 13.1. The highest BCUT2D eigenvalue weighted by atomic mass is 16.4. The molecule has 0 saturated carbocycles. The van der Waals surface area contributed by atoms with Crippen molar-refractivity contribution in [1.29, 1.82) is 0 Å². The molecule has 1 amide bonds. The number of carboxylic acid groups (broad SMARTS) is 1. The standard InChI is InChI=1S/C17H23NO3/c1-16(2,3)13-7-5-12(6-8-13)14(19)18-10-9-17(4,11-18)15(20)21/h5-8H,9-11H2,1-4H3,(H,20,21). The molecule has 1 aliphatic rings. The largest absolute Gasteiger partial charge is 0.481 e. The van der Waals surface area contributed by atoms with Crippen LogP contribution in [0.25, 0.3) is 0 Å². The van der Waals surface area contributed by atoms with Gasteiger partial charge in [-0.2, -0.15) is 0 Å². The fraction of sp³-hybridized carbons (Fsp3) is 0.529. The Kier molecular flexibility index (Phi) is 3.83. The van der Waals surface area contributed by atoms with Crippen LogP contribution in [0.5, 0.6) is 0 Å². The number of carboxylic acids is 1. The van der Waals surface area contributed by atoms with E-state index in [9.17, 15) is 14.7 Å². The summed E-state index contributed by atoms with van der Waals surface area (Å²) >= 11 is 0. The van der Waals surface area contributed by atoms with Crippen LogP contribution >= 0.6 is 0 Å². The molecule has 1 aromatic rings. The fourth-order valence-electron chi connectivity index (χ4n) is 2.60. The minimum Gasteiger partial charge on any atom is -0.481 e. The summed E-state index contributed by atoms with van der Waals surface area (Å²) in [5, 5.41) is 9.23. The Morgan fingerprint density at radius 2 is 1.76 bits per heavy atom. The van der Waals surface area contributed by atoms with Crippen LogP contribution in [0.1, 0.15) is 50.0 Å². The van der Waals surface area contributed by atoms with Gasteiger partial charge in [0.25, 0.3) is 5.91 Å². The molecule has 4 nitrogen and oxygen atoms in total. The Labute approximate surface area is 125 Å². The molecule has 0 aromatic heterocycles. The first kappa shape index (κ1) is 15.5. The number of amides is 1. The molecule has 1 N–H and O–H groups in total. The van der Waals surface area contributed by atoms with E-state index >= 15 is 0 Å². The zero-order valence-electron chi connectivity index (χ0n) is 13.1. The summed E-state index contributed by atoms with van der Waals surface area (Å²) in [5.74, 6) is -0.915. The van der Waals surface area contributed by atoms with Crippen molar-refractivity contribution in [1.82, 2.24) is 4.90 Å². The molecule has 1 aliphatic heterocycles. The van der Waals surface area contributed by atoms with Crippen LogP contribution < -0.4 is 0 Å². The third kappa shape index (κ3) is 3.09. The number of nitrogens with zero attached hydrogens (tertiary/aromatic N) is 1. The van der Waals surface area contributed by atoms with Crippen molar-refractivity contribution in [3.8, 4) is 0 Å². The Morgan fingerprint density at radius 3 is 2.19 bits per heavy atom. The van der Waals surface area contributed by atoms with Crippen LogP contribution in [-0.2, 0) is 10.2 Å². The lowest BCUT2D eigenvalue weighted by atomic mass is 9.86. The SMILES string of the molecule is CC1(C(=O)O)CCN(C(=O)c2ccc(C(C)(C)C)cc2)C1. The number of likely N-dealkylation sites (tertiary alicyclic amines) is 1. The summed E-state index contributed by atoms with van der Waals surface area (Å²) in [6.45, 7) is 8.87. The molecule has 1 saturated heterocycles. The highest BCUT2D eigenvalue weighted by molar-refractivity contribution is 5.95. The van der Waals surface area contributed by atoms with Crippen molar-refractivity contribution >= 4 is 11.9 Å². The third-order valence-corrected chi connectivity index (χ3v) is 4.27. The fourth-order valence-corrected chi connectivity index (χ4v) is 2.60. The highest BCUT2D eigenvalue weighted by Gasteiger charge is 2.42. The van der Waals surface area contributed by atoms with Gasteiger partial charge in [0.15, 0.2) is 0 Å². The maximum atomic E-state index is 12.5. The molecule has 1 fully saturated rings. The van der Waals surface area contributed by atoms with E-state index in [2.05, 4.69) is 20.8 Å². The summed E-state index contributed by atoms with van der Waals surface area (Å²) < 4.78 is 0. The van der Waals surface area contributed by atoms with Gasteiger partial charge in [-0.1, -0.05) is 32.9 Å². The number of carbonyl (C=O) groups is 2. The summed E-state index contributed by atoms with van der Waals surface area (Å²) in [7, 11) is 0. The summed E-state index contributed by atoms with van der Waals surface area (Å²) in [4.78, 5) is 25.3. The Hall–Kier alpha value is -1.84. The number of carbonyl (C=O) groups excluding carboxylic acids is 1. The van der Waals surface area contributed by atoms with Gasteiger partial charge >= 0.3 is 5.97 Å². The van der Waals surface area contributed by atoms with Crippen LogP contribution in [0.2, 0.25) is 0 Å². The molecule has 114 valence electrons. The molecule has 4 heteroatoms. The second kappa shape index (κ2) is 5.17. The molecule has 0 spiro atoms. The van der Waals surface area contributed by atoms with Crippen LogP contribution in [0.4, 0.5) is 0 Å². The summed E-state index contributed by atoms with van der Waals surface area (Å²) in [6, 6.07) is 7.61. The van der Waals surface area contributed by atoms with Crippen LogP contribution in [-0.4, -0.2) is 35.0 Å². The number of hydrogen-bond donors (Lipinski definition) is 1. The summed E-state index contributed by atoms with van der Waals surface area (Å²) in [6.07, 6.45) is 0.508. The third-order valence-electron chi connectivity index (χ3n) is 4.27. The van der Waals surface area contributed by atoms with Gasteiger partial charge in [-0.05, 0) is 36.5 Å². The van der Waals surface area contributed by atoms with Gasteiger partial charge in [-0.15, -0.1) is 0 Å². The van der Waals surface area contributed by atoms with Gasteiger partial charge in [0.1, 0.15) is 0 Å². The molecular formula is C17H23NO3. The van der Waals surface area contributed by atoms with E-state index in [0.717, 1.165) is 0 Å². The minimum absolute atomic E-state index is 0.0527. The van der Waals surface area contributed by atoms with Gasteiger partial charge in [0.2, 0.25) is 0 Å². The predicted molar refractivity (Wildman–Crippen MR) is 81.4 cm³/mol. The molecule has 21 heavy (non-hydrogen) atoms. The normalized spacial score (nSPS) is 22.4. The van der Waals surface area contributed by atoms with E-state index in [1.807, 2.05) is 24.3 Å². The van der Waals surface area contributed by atoms with E-state index in [4.69, 9.17) is 0 Å². The van der Waals surface area contributed by atoms with Crippen LogP contribution in [0, 0.1) is 5.41 Å². The van der Waals surface area contributed by atoms with Crippen molar-refractivity contribution < 1.29 is 14.7 Å². The minimum atomic E-state index is -0.833. The average molecular weight is 289 g/mol. The lowest BCUT2D eigenvalue weighted by Gasteiger charge is -2.21. The molecule has 1 atom stereocenters. The van der Waals surface area contributed by atoms with Crippen molar-refractivity contribution in [2.75, 3.05) is 13.1 Å². The molecule has 0 bridgehead atoms. The smallest absolute Gasteiger partial charge is 0.311 e. The quantitative estimate of drug-likeness (QED) is 0.910. The lowest BCUT2D eigenvalue weighted by Crippen LogP contribution is -2.34. The van der Waals surface area contributed by atoms with Crippen LogP contribution in [0.3, 0.4) is 0 Å². The number of aliphatic carboxylic acids is 1. The highest BCUT2D eigenvalue weighted by Crippen LogP contribution is 2.31. The van der Waals surface area contributed by atoms with Gasteiger partial charge < -0.3 is 10.0 Å². The van der Waals surface area contributed by atoms with Crippen LogP contribution in [0.15, 0.2) is 24.3 Å². The Bertz CT molecular complexity index is 556. The first-order chi connectivity index (χ1) is 9.63.